The van der Waals surface area contributed by atoms with Crippen molar-refractivity contribution >= 4 is 17.3 Å². The van der Waals surface area contributed by atoms with Gasteiger partial charge in [0, 0.05) is 12.6 Å². The van der Waals surface area contributed by atoms with Gasteiger partial charge in [-0.1, -0.05) is 19.3 Å². The molecule has 0 heterocycles. The Balaban J connectivity index is 2.11. The van der Waals surface area contributed by atoms with Gasteiger partial charge in [-0.3, -0.25) is 0 Å². The normalized spacial score (nSPS) is 18.2. The van der Waals surface area contributed by atoms with Crippen molar-refractivity contribution < 1.29 is 4.39 Å². The van der Waals surface area contributed by atoms with Gasteiger partial charge < -0.3 is 10.6 Å². The van der Waals surface area contributed by atoms with E-state index in [9.17, 15) is 4.39 Å². The molecule has 1 rings (SSSR count). The average molecular weight is 204 g/mol. The zero-order valence-electron chi connectivity index (χ0n) is 7.81. The predicted molar refractivity (Wildman–Crippen MR) is 56.6 cm³/mol. The number of hydrogen-bond donors (Lipinski definition) is 2. The van der Waals surface area contributed by atoms with Crippen molar-refractivity contribution in [1.82, 2.24) is 10.6 Å². The molecule has 0 aliphatic heterocycles. The first-order valence-electron chi connectivity index (χ1n) is 4.93. The lowest BCUT2D eigenvalue weighted by Gasteiger charge is -2.24. The molecule has 1 saturated carbocycles. The molecule has 1 aliphatic rings. The van der Waals surface area contributed by atoms with E-state index in [4.69, 9.17) is 12.2 Å². The Morgan fingerprint density at radius 2 is 2.00 bits per heavy atom. The van der Waals surface area contributed by atoms with Gasteiger partial charge in [-0.15, -0.1) is 0 Å². The summed E-state index contributed by atoms with van der Waals surface area (Å²) in [5.41, 5.74) is 0. The number of hydrogen-bond acceptors (Lipinski definition) is 1. The van der Waals surface area contributed by atoms with Crippen molar-refractivity contribution in [3.05, 3.63) is 0 Å². The van der Waals surface area contributed by atoms with Gasteiger partial charge in [0.2, 0.25) is 0 Å². The van der Waals surface area contributed by atoms with E-state index < -0.39 is 0 Å². The highest BCUT2D eigenvalue weighted by atomic mass is 32.1. The molecule has 76 valence electrons. The van der Waals surface area contributed by atoms with Gasteiger partial charge in [0.25, 0.3) is 0 Å². The summed E-state index contributed by atoms with van der Waals surface area (Å²) >= 11 is 5.01. The van der Waals surface area contributed by atoms with Crippen molar-refractivity contribution in [2.24, 2.45) is 0 Å². The van der Waals surface area contributed by atoms with Crippen molar-refractivity contribution in [3.63, 3.8) is 0 Å². The molecule has 0 aromatic carbocycles. The minimum Gasteiger partial charge on any atom is -0.360 e. The van der Waals surface area contributed by atoms with Crippen molar-refractivity contribution in [2.75, 3.05) is 13.2 Å². The molecule has 0 bridgehead atoms. The zero-order chi connectivity index (χ0) is 9.52. The molecule has 13 heavy (non-hydrogen) atoms. The van der Waals surface area contributed by atoms with Gasteiger partial charge in [-0.2, -0.15) is 0 Å². The minimum atomic E-state index is -0.369. The van der Waals surface area contributed by atoms with Gasteiger partial charge in [-0.05, 0) is 25.1 Å². The van der Waals surface area contributed by atoms with Crippen LogP contribution in [0.1, 0.15) is 32.1 Å². The Labute approximate surface area is 84.3 Å². The third-order valence-electron chi connectivity index (χ3n) is 2.32. The van der Waals surface area contributed by atoms with Gasteiger partial charge in [0.15, 0.2) is 5.11 Å². The second-order valence-electron chi connectivity index (χ2n) is 3.42. The van der Waals surface area contributed by atoms with Crippen LogP contribution in [0, 0.1) is 0 Å². The summed E-state index contributed by atoms with van der Waals surface area (Å²) in [6.07, 6.45) is 6.28. The molecule has 0 unspecified atom stereocenters. The van der Waals surface area contributed by atoms with Crippen molar-refractivity contribution in [1.29, 1.82) is 0 Å². The molecule has 0 amide bonds. The topological polar surface area (TPSA) is 24.1 Å². The second kappa shape index (κ2) is 6.13. The highest BCUT2D eigenvalue weighted by molar-refractivity contribution is 7.80. The first-order valence-corrected chi connectivity index (χ1v) is 5.34. The molecule has 0 aromatic rings. The molecule has 0 spiro atoms. The first-order chi connectivity index (χ1) is 6.33. The fourth-order valence-electron chi connectivity index (χ4n) is 1.64. The molecule has 0 aromatic heterocycles. The van der Waals surface area contributed by atoms with Crippen LogP contribution in [0.4, 0.5) is 4.39 Å². The maximum atomic E-state index is 11.8. The second-order valence-corrected chi connectivity index (χ2v) is 3.83. The number of halogens is 1. The number of thiocarbonyl (C=S) groups is 1. The predicted octanol–water partition coefficient (Wildman–Crippen LogP) is 1.75. The monoisotopic (exact) mass is 204 g/mol. The molecule has 2 nitrogen and oxygen atoms in total. The maximum Gasteiger partial charge on any atom is 0.166 e. The lowest BCUT2D eigenvalue weighted by atomic mass is 9.96. The fraction of sp³-hybridized carbons (Fsp3) is 0.889. The summed E-state index contributed by atoms with van der Waals surface area (Å²) in [4.78, 5) is 0. The van der Waals surface area contributed by atoms with Gasteiger partial charge in [0.05, 0.1) is 0 Å². The van der Waals surface area contributed by atoms with Crippen molar-refractivity contribution in [2.45, 2.75) is 38.1 Å². The third-order valence-corrected chi connectivity index (χ3v) is 2.58. The number of alkyl halides is 1. The third kappa shape index (κ3) is 4.41. The average Bonchev–Trinajstić information content (AvgIpc) is 2.16. The molecule has 0 saturated heterocycles. The van der Waals surface area contributed by atoms with Crippen molar-refractivity contribution in [3.8, 4) is 0 Å². The van der Waals surface area contributed by atoms with Gasteiger partial charge in [0.1, 0.15) is 6.67 Å². The van der Waals surface area contributed by atoms with Crippen LogP contribution >= 0.6 is 12.2 Å². The summed E-state index contributed by atoms with van der Waals surface area (Å²) in [6, 6.07) is 0.508. The maximum absolute atomic E-state index is 11.8. The van der Waals surface area contributed by atoms with Crippen LogP contribution in [0.3, 0.4) is 0 Å². The van der Waals surface area contributed by atoms with Crippen LogP contribution in [0.25, 0.3) is 0 Å². The van der Waals surface area contributed by atoms with E-state index in [2.05, 4.69) is 10.6 Å². The van der Waals surface area contributed by atoms with E-state index in [1.54, 1.807) is 0 Å². The van der Waals surface area contributed by atoms with Crippen LogP contribution in [-0.4, -0.2) is 24.4 Å². The lowest BCUT2D eigenvalue weighted by Crippen LogP contribution is -2.43. The Morgan fingerprint density at radius 1 is 1.31 bits per heavy atom. The molecular formula is C9H17FN2S. The van der Waals surface area contributed by atoms with Crippen LogP contribution in [0.2, 0.25) is 0 Å². The van der Waals surface area contributed by atoms with E-state index in [0.29, 0.717) is 17.7 Å². The Morgan fingerprint density at radius 3 is 2.62 bits per heavy atom. The van der Waals surface area contributed by atoms with E-state index >= 15 is 0 Å². The SMILES string of the molecule is FCCNC(=S)NC1CCCCC1. The quantitative estimate of drug-likeness (QED) is 0.685. The van der Waals surface area contributed by atoms with E-state index in [1.807, 2.05) is 0 Å². The first kappa shape index (κ1) is 10.7. The molecular weight excluding hydrogens is 187 g/mol. The molecule has 4 heteroatoms. The smallest absolute Gasteiger partial charge is 0.166 e. The summed E-state index contributed by atoms with van der Waals surface area (Å²) < 4.78 is 11.8. The summed E-state index contributed by atoms with van der Waals surface area (Å²) in [6.45, 7) is -0.0506. The molecule has 2 N–H and O–H groups in total. The molecule has 0 radical (unpaired) electrons. The fourth-order valence-corrected chi connectivity index (χ4v) is 1.91. The van der Waals surface area contributed by atoms with E-state index in [1.165, 1.54) is 32.1 Å². The Hall–Kier alpha value is -0.380. The Kier molecular flexibility index (Phi) is 5.05. The number of rotatable bonds is 3. The van der Waals surface area contributed by atoms with Crippen LogP contribution in [-0.2, 0) is 0 Å². The summed E-state index contributed by atoms with van der Waals surface area (Å²) in [5, 5.41) is 6.63. The summed E-state index contributed by atoms with van der Waals surface area (Å²) in [5.74, 6) is 0. The van der Waals surface area contributed by atoms with Crippen LogP contribution in [0.15, 0.2) is 0 Å². The highest BCUT2D eigenvalue weighted by Gasteiger charge is 2.13. The van der Waals surface area contributed by atoms with Crippen LogP contribution in [0.5, 0.6) is 0 Å². The minimum absolute atomic E-state index is 0.318. The van der Waals surface area contributed by atoms with Crippen LogP contribution < -0.4 is 10.6 Å². The van der Waals surface area contributed by atoms with Gasteiger partial charge in [-0.25, -0.2) is 4.39 Å². The standard InChI is InChI=1S/C9H17FN2S/c10-6-7-11-9(13)12-8-4-2-1-3-5-8/h8H,1-7H2,(H2,11,12,13). The Bertz CT molecular complexity index is 158. The zero-order valence-corrected chi connectivity index (χ0v) is 8.63. The highest BCUT2D eigenvalue weighted by Crippen LogP contribution is 2.16. The van der Waals surface area contributed by atoms with Gasteiger partial charge >= 0.3 is 0 Å². The molecule has 1 fully saturated rings. The van der Waals surface area contributed by atoms with E-state index in [-0.39, 0.29) is 6.67 Å². The largest absolute Gasteiger partial charge is 0.360 e. The molecule has 1 aliphatic carbocycles. The number of nitrogens with one attached hydrogen (secondary N) is 2. The summed E-state index contributed by atoms with van der Waals surface area (Å²) in [7, 11) is 0. The lowest BCUT2D eigenvalue weighted by molar-refractivity contribution is 0.410. The van der Waals surface area contributed by atoms with E-state index in [0.717, 1.165) is 0 Å². The molecule has 0 atom stereocenters.